The summed E-state index contributed by atoms with van der Waals surface area (Å²) in [6.07, 6.45) is 0. The van der Waals surface area contributed by atoms with E-state index in [0.717, 1.165) is 0 Å². The Morgan fingerprint density at radius 1 is 0.955 bits per heavy atom. The van der Waals surface area contributed by atoms with Crippen LogP contribution in [-0.2, 0) is 26.6 Å². The van der Waals surface area contributed by atoms with Gasteiger partial charge in [0.2, 0.25) is 20.0 Å². The topological polar surface area (TPSA) is 106 Å². The normalized spacial score (nSPS) is 12.3. The maximum Gasteiger partial charge on any atom is 0.240 e. The van der Waals surface area contributed by atoms with Gasteiger partial charge in [0, 0.05) is 11.0 Å². The first-order valence-electron chi connectivity index (χ1n) is 6.05. The maximum atomic E-state index is 12.1. The van der Waals surface area contributed by atoms with Gasteiger partial charge in [0.15, 0.2) is 0 Å². The van der Waals surface area contributed by atoms with Gasteiger partial charge in [0.1, 0.15) is 0 Å². The van der Waals surface area contributed by atoms with Crippen LogP contribution in [0.15, 0.2) is 62.8 Å². The van der Waals surface area contributed by atoms with Gasteiger partial charge in [-0.05, 0) is 35.9 Å². The first-order chi connectivity index (χ1) is 10.2. The molecule has 0 aromatic heterocycles. The van der Waals surface area contributed by atoms with Crippen molar-refractivity contribution in [3.8, 4) is 0 Å². The third-order valence-electron chi connectivity index (χ3n) is 2.82. The lowest BCUT2D eigenvalue weighted by atomic mass is 10.2. The molecule has 0 unspecified atom stereocenters. The van der Waals surface area contributed by atoms with E-state index < -0.39 is 20.0 Å². The highest BCUT2D eigenvalue weighted by atomic mass is 79.9. The smallest absolute Gasteiger partial charge is 0.225 e. The maximum absolute atomic E-state index is 12.1. The predicted molar refractivity (Wildman–Crippen MR) is 86.0 cm³/mol. The van der Waals surface area contributed by atoms with Crippen LogP contribution in [0.2, 0.25) is 0 Å². The van der Waals surface area contributed by atoms with Crippen molar-refractivity contribution in [2.24, 2.45) is 5.14 Å². The van der Waals surface area contributed by atoms with Crippen LogP contribution >= 0.6 is 15.9 Å². The molecule has 0 amide bonds. The fraction of sp³-hybridized carbons (Fsp3) is 0.0769. The number of primary sulfonamides is 1. The molecule has 0 spiro atoms. The first-order valence-corrected chi connectivity index (χ1v) is 9.88. The minimum absolute atomic E-state index is 0.0221. The lowest BCUT2D eigenvalue weighted by molar-refractivity contribution is 0.581. The summed E-state index contributed by atoms with van der Waals surface area (Å²) in [6, 6.07) is 12.0. The Balaban J connectivity index is 2.12. The van der Waals surface area contributed by atoms with Gasteiger partial charge in [-0.25, -0.2) is 26.7 Å². The number of halogens is 1. The summed E-state index contributed by atoms with van der Waals surface area (Å²) in [5, 5.41) is 5.00. The molecule has 0 aliphatic rings. The van der Waals surface area contributed by atoms with E-state index in [2.05, 4.69) is 20.7 Å². The van der Waals surface area contributed by atoms with Crippen LogP contribution in [0.4, 0.5) is 0 Å². The van der Waals surface area contributed by atoms with E-state index in [9.17, 15) is 16.8 Å². The van der Waals surface area contributed by atoms with Crippen molar-refractivity contribution in [2.75, 3.05) is 0 Å². The van der Waals surface area contributed by atoms with Gasteiger partial charge < -0.3 is 0 Å². The van der Waals surface area contributed by atoms with Crippen LogP contribution in [0.1, 0.15) is 5.56 Å². The van der Waals surface area contributed by atoms with E-state index in [1.165, 1.54) is 36.4 Å². The molecule has 0 atom stereocenters. The molecule has 3 N–H and O–H groups in total. The van der Waals surface area contributed by atoms with Crippen molar-refractivity contribution >= 4 is 36.0 Å². The fourth-order valence-electron chi connectivity index (χ4n) is 1.69. The zero-order chi connectivity index (χ0) is 16.4. The summed E-state index contributed by atoms with van der Waals surface area (Å²) in [5.41, 5.74) is 0.617. The molecule has 0 heterocycles. The molecule has 0 saturated heterocycles. The second-order valence-corrected chi connectivity index (χ2v) is 8.71. The molecule has 22 heavy (non-hydrogen) atoms. The minimum Gasteiger partial charge on any atom is -0.225 e. The Morgan fingerprint density at radius 2 is 1.59 bits per heavy atom. The Labute approximate surface area is 137 Å². The molecule has 2 aromatic carbocycles. The monoisotopic (exact) mass is 404 g/mol. The van der Waals surface area contributed by atoms with Crippen molar-refractivity contribution in [1.29, 1.82) is 0 Å². The number of hydrogen-bond acceptors (Lipinski definition) is 4. The molecule has 0 aliphatic carbocycles. The highest BCUT2D eigenvalue weighted by Gasteiger charge is 2.14. The van der Waals surface area contributed by atoms with Crippen LogP contribution < -0.4 is 9.86 Å². The highest BCUT2D eigenvalue weighted by Crippen LogP contribution is 2.16. The molecule has 0 radical (unpaired) electrons. The number of benzene rings is 2. The molecule has 0 bridgehead atoms. The molecule has 6 nitrogen and oxygen atoms in total. The van der Waals surface area contributed by atoms with Crippen LogP contribution in [0.5, 0.6) is 0 Å². The number of hydrogen-bond donors (Lipinski definition) is 2. The van der Waals surface area contributed by atoms with Gasteiger partial charge in [0.25, 0.3) is 0 Å². The molecule has 0 saturated carbocycles. The summed E-state index contributed by atoms with van der Waals surface area (Å²) in [7, 11) is -7.40. The second-order valence-electron chi connectivity index (χ2n) is 4.47. The van der Waals surface area contributed by atoms with E-state index in [-0.39, 0.29) is 16.3 Å². The van der Waals surface area contributed by atoms with E-state index >= 15 is 0 Å². The van der Waals surface area contributed by atoms with Gasteiger partial charge in [-0.15, -0.1) is 0 Å². The molecule has 2 aromatic rings. The van der Waals surface area contributed by atoms with Crippen LogP contribution in [-0.4, -0.2) is 16.8 Å². The van der Waals surface area contributed by atoms with Crippen molar-refractivity contribution in [3.63, 3.8) is 0 Å². The zero-order valence-corrected chi connectivity index (χ0v) is 14.4. The summed E-state index contributed by atoms with van der Waals surface area (Å²) < 4.78 is 49.7. The molecular weight excluding hydrogens is 392 g/mol. The first kappa shape index (κ1) is 17.1. The quantitative estimate of drug-likeness (QED) is 0.788. The molecule has 0 fully saturated rings. The molecule has 9 heteroatoms. The van der Waals surface area contributed by atoms with Gasteiger partial charge in [-0.2, -0.15) is 0 Å². The number of rotatable bonds is 5. The van der Waals surface area contributed by atoms with E-state index in [4.69, 9.17) is 5.14 Å². The van der Waals surface area contributed by atoms with Crippen molar-refractivity contribution in [1.82, 2.24) is 4.72 Å². The highest BCUT2D eigenvalue weighted by molar-refractivity contribution is 9.10. The fourth-order valence-corrected chi connectivity index (χ4v) is 3.82. The third kappa shape index (κ3) is 4.37. The Bertz CT molecular complexity index is 879. The van der Waals surface area contributed by atoms with Crippen LogP contribution in [0.25, 0.3) is 0 Å². The Hall–Kier alpha value is -1.26. The summed E-state index contributed by atoms with van der Waals surface area (Å²) in [6.45, 7) is 0.0414. The average molecular weight is 405 g/mol. The standard InChI is InChI=1S/C13H13BrN2O4S2/c14-11-2-1-3-13(8-11)22(19,20)16-9-10-4-6-12(7-5-10)21(15,17)18/h1-8,16H,9H2,(H2,15,17,18). The predicted octanol–water partition coefficient (Wildman–Crippen LogP) is 1.57. The summed E-state index contributed by atoms with van der Waals surface area (Å²) >= 11 is 3.22. The van der Waals surface area contributed by atoms with Crippen LogP contribution in [0.3, 0.4) is 0 Å². The third-order valence-corrected chi connectivity index (χ3v) is 5.65. The van der Waals surface area contributed by atoms with Gasteiger partial charge in [-0.1, -0.05) is 34.1 Å². The van der Waals surface area contributed by atoms with E-state index in [0.29, 0.717) is 10.0 Å². The number of nitrogens with two attached hydrogens (primary N) is 1. The zero-order valence-electron chi connectivity index (χ0n) is 11.2. The molecule has 118 valence electrons. The second kappa shape index (κ2) is 6.47. The Kier molecular flexibility index (Phi) is 5.03. The van der Waals surface area contributed by atoms with E-state index in [1.807, 2.05) is 0 Å². The van der Waals surface area contributed by atoms with Gasteiger partial charge in [-0.3, -0.25) is 0 Å². The minimum atomic E-state index is -3.75. The van der Waals surface area contributed by atoms with Crippen molar-refractivity contribution < 1.29 is 16.8 Å². The largest absolute Gasteiger partial charge is 0.240 e. The van der Waals surface area contributed by atoms with E-state index in [1.54, 1.807) is 12.1 Å². The summed E-state index contributed by atoms with van der Waals surface area (Å²) in [4.78, 5) is 0.120. The number of sulfonamides is 2. The lowest BCUT2D eigenvalue weighted by Crippen LogP contribution is -2.23. The van der Waals surface area contributed by atoms with Crippen molar-refractivity contribution in [2.45, 2.75) is 16.3 Å². The van der Waals surface area contributed by atoms with Crippen LogP contribution in [0, 0.1) is 0 Å². The lowest BCUT2D eigenvalue weighted by Gasteiger charge is -2.07. The molecule has 2 rings (SSSR count). The SMILES string of the molecule is NS(=O)(=O)c1ccc(CNS(=O)(=O)c2cccc(Br)c2)cc1. The number of nitrogens with one attached hydrogen (secondary N) is 1. The van der Waals surface area contributed by atoms with Gasteiger partial charge >= 0.3 is 0 Å². The van der Waals surface area contributed by atoms with Gasteiger partial charge in [0.05, 0.1) is 9.79 Å². The summed E-state index contributed by atoms with van der Waals surface area (Å²) in [5.74, 6) is 0. The molecule has 0 aliphatic heterocycles. The molecular formula is C13H13BrN2O4S2. The van der Waals surface area contributed by atoms with Crippen molar-refractivity contribution in [3.05, 3.63) is 58.6 Å². The Morgan fingerprint density at radius 3 is 2.14 bits per heavy atom. The average Bonchev–Trinajstić information content (AvgIpc) is 2.45.